The van der Waals surface area contributed by atoms with Gasteiger partial charge in [0.05, 0.1) is 26.1 Å². The average Bonchev–Trinajstić information content (AvgIpc) is 2.74. The third-order valence-corrected chi connectivity index (χ3v) is 4.41. The predicted octanol–water partition coefficient (Wildman–Crippen LogP) is -1.66. The fraction of sp³-hybridized carbons (Fsp3) is 0.688. The predicted molar refractivity (Wildman–Crippen MR) is 108 cm³/mol. The number of methoxy groups -OCH3 is 1. The molecule has 0 unspecified atom stereocenters. The van der Waals surface area contributed by atoms with Crippen molar-refractivity contribution >= 4 is 41.4 Å². The molecule has 0 bridgehead atoms. The largest absolute Gasteiger partial charge is 0.481 e. The Morgan fingerprint density at radius 3 is 2.44 bits per heavy atom. The van der Waals surface area contributed by atoms with Crippen LogP contribution in [0, 0.1) is 10.1 Å². The quantitative estimate of drug-likeness (QED) is 0.0568. The topological polar surface area (TPSA) is 212 Å². The van der Waals surface area contributed by atoms with Gasteiger partial charge in [0.1, 0.15) is 12.6 Å². The van der Waals surface area contributed by atoms with E-state index in [1.807, 2.05) is 0 Å². The first-order valence-electron chi connectivity index (χ1n) is 9.25. The summed E-state index contributed by atoms with van der Waals surface area (Å²) in [6.45, 7) is -0.211. The first kappa shape index (κ1) is 28.9. The maximum absolute atomic E-state index is 11.8. The number of hydrogen-bond donors (Lipinski definition) is 4. The molecule has 32 heavy (non-hydrogen) atoms. The minimum atomic E-state index is -1.09. The Balaban J connectivity index is 4.15. The zero-order valence-corrected chi connectivity index (χ0v) is 18.1. The van der Waals surface area contributed by atoms with Crippen molar-refractivity contribution in [1.29, 1.82) is 0 Å². The van der Waals surface area contributed by atoms with Crippen molar-refractivity contribution in [3.05, 3.63) is 10.1 Å². The summed E-state index contributed by atoms with van der Waals surface area (Å²) in [4.78, 5) is 71.5. The summed E-state index contributed by atoms with van der Waals surface area (Å²) in [5, 5.41) is 24.6. The van der Waals surface area contributed by atoms with Crippen LogP contribution in [0.15, 0.2) is 0 Å². The first-order chi connectivity index (χ1) is 15.2. The van der Waals surface area contributed by atoms with Crippen molar-refractivity contribution in [2.45, 2.75) is 18.9 Å². The Kier molecular flexibility index (Phi) is 15.8. The molecular formula is C16H26N4O11S. The molecule has 182 valence electrons. The molecule has 0 aliphatic rings. The first-order valence-corrected chi connectivity index (χ1v) is 10.4. The molecule has 15 nitrogen and oxygen atoms in total. The lowest BCUT2D eigenvalue weighted by molar-refractivity contribution is -0.758. The summed E-state index contributed by atoms with van der Waals surface area (Å²) in [6.07, 6.45) is 0.0879. The lowest BCUT2D eigenvalue weighted by Gasteiger charge is -2.16. The van der Waals surface area contributed by atoms with Crippen LogP contribution in [0.3, 0.4) is 0 Å². The Morgan fingerprint density at radius 1 is 1.09 bits per heavy atom. The molecule has 0 radical (unpaired) electrons. The number of carboxylic acids is 1. The van der Waals surface area contributed by atoms with E-state index < -0.39 is 40.8 Å². The summed E-state index contributed by atoms with van der Waals surface area (Å²) in [5.41, 5.74) is 0. The Morgan fingerprint density at radius 2 is 1.81 bits per heavy atom. The molecule has 0 rings (SSSR count). The van der Waals surface area contributed by atoms with E-state index in [1.165, 1.54) is 0 Å². The number of carbonyl (C=O) groups excluding carboxylic acids is 4. The molecule has 0 aliphatic carbocycles. The minimum Gasteiger partial charge on any atom is -0.481 e. The second kappa shape index (κ2) is 17.5. The molecule has 0 aromatic carbocycles. The lowest BCUT2D eigenvalue weighted by atomic mass is 10.3. The number of amides is 3. The number of thioether (sulfide) groups is 1. The maximum Gasteiger partial charge on any atom is 0.329 e. The number of nitrogens with one attached hydrogen (secondary N) is 3. The van der Waals surface area contributed by atoms with Crippen LogP contribution in [0.1, 0.15) is 12.8 Å². The minimum absolute atomic E-state index is 0.00208. The second-order valence-electron chi connectivity index (χ2n) is 5.84. The zero-order chi connectivity index (χ0) is 24.4. The van der Waals surface area contributed by atoms with Gasteiger partial charge in [-0.05, 0) is 6.42 Å². The average molecular weight is 482 g/mol. The molecule has 0 fully saturated rings. The Labute approximate surface area is 187 Å². The molecule has 0 aliphatic heterocycles. The van der Waals surface area contributed by atoms with Crippen molar-refractivity contribution in [3.63, 3.8) is 0 Å². The number of aliphatic carboxylic acids is 1. The van der Waals surface area contributed by atoms with Crippen molar-refractivity contribution in [2.24, 2.45) is 0 Å². The number of Topliss-reactive ketones (excluding diaryl/α,β-unsaturated/α-hetero) is 1. The van der Waals surface area contributed by atoms with Gasteiger partial charge in [0.25, 0.3) is 11.0 Å². The van der Waals surface area contributed by atoms with Crippen molar-refractivity contribution in [2.75, 3.05) is 51.5 Å². The number of ether oxygens (including phenoxy) is 2. The maximum atomic E-state index is 11.8. The fourth-order valence-corrected chi connectivity index (χ4v) is 2.79. The van der Waals surface area contributed by atoms with E-state index in [9.17, 15) is 34.1 Å². The molecule has 0 heterocycles. The highest BCUT2D eigenvalue weighted by atomic mass is 32.2. The van der Waals surface area contributed by atoms with Gasteiger partial charge < -0.3 is 35.4 Å². The molecule has 0 aromatic heterocycles. The van der Waals surface area contributed by atoms with Crippen molar-refractivity contribution in [3.8, 4) is 0 Å². The zero-order valence-electron chi connectivity index (χ0n) is 17.3. The summed E-state index contributed by atoms with van der Waals surface area (Å²) in [7, 11) is 1.12. The third-order valence-electron chi connectivity index (χ3n) is 3.37. The molecule has 16 heteroatoms. The normalized spacial score (nSPS) is 11.0. The molecule has 1 atom stereocenters. The van der Waals surface area contributed by atoms with Crippen LogP contribution in [0.4, 0.5) is 4.79 Å². The number of esters is 1. The highest BCUT2D eigenvalue weighted by Gasteiger charge is 2.23. The number of rotatable bonds is 18. The van der Waals surface area contributed by atoms with E-state index in [0.29, 0.717) is 0 Å². The number of carbonyl (C=O) groups is 5. The Bertz CT molecular complexity index is 662. The van der Waals surface area contributed by atoms with E-state index in [1.54, 1.807) is 0 Å². The van der Waals surface area contributed by atoms with Gasteiger partial charge in [0, 0.05) is 25.3 Å². The molecule has 0 saturated carbocycles. The van der Waals surface area contributed by atoms with Crippen LogP contribution < -0.4 is 16.0 Å². The van der Waals surface area contributed by atoms with E-state index in [4.69, 9.17) is 9.84 Å². The summed E-state index contributed by atoms with van der Waals surface area (Å²) in [5.74, 6) is -3.71. The van der Waals surface area contributed by atoms with Crippen molar-refractivity contribution in [1.82, 2.24) is 16.0 Å². The standard InChI is InChI=1S/C16H26N4O11S/c1-29-15(25)11(19-16(26)18-4-2-3-13(22)23)9-32-10-12(21)14(24)17-5-6-30-7-8-31-20(27)28/h11H,2-10H2,1H3,(H,17,24)(H,22,23)(H2,18,19,26)/t11-/m0/s1. The van der Waals surface area contributed by atoms with Crippen LogP contribution in [0.2, 0.25) is 0 Å². The van der Waals surface area contributed by atoms with Crippen LogP contribution in [0.5, 0.6) is 0 Å². The van der Waals surface area contributed by atoms with E-state index >= 15 is 0 Å². The number of urea groups is 1. The second-order valence-corrected chi connectivity index (χ2v) is 6.87. The highest BCUT2D eigenvalue weighted by molar-refractivity contribution is 8.00. The lowest BCUT2D eigenvalue weighted by Crippen LogP contribution is -2.48. The van der Waals surface area contributed by atoms with E-state index in [0.717, 1.165) is 18.9 Å². The summed E-state index contributed by atoms with van der Waals surface area (Å²) >= 11 is 0.926. The molecule has 4 N–H and O–H groups in total. The fourth-order valence-electron chi connectivity index (χ4n) is 1.90. The number of ketones is 1. The van der Waals surface area contributed by atoms with E-state index in [-0.39, 0.29) is 57.3 Å². The summed E-state index contributed by atoms with van der Waals surface area (Å²) < 4.78 is 9.55. The number of carboxylic acid groups (broad SMARTS) is 1. The molecule has 3 amide bonds. The number of hydrogen-bond acceptors (Lipinski definition) is 11. The Hall–Kier alpha value is -3.14. The molecule has 0 saturated heterocycles. The SMILES string of the molecule is COC(=O)[C@H](CSCC(=O)C(=O)NCCOCCO[N+](=O)[O-])NC(=O)NCCCC(=O)O. The van der Waals surface area contributed by atoms with Gasteiger partial charge in [-0.3, -0.25) is 14.4 Å². The van der Waals surface area contributed by atoms with Crippen LogP contribution in [-0.2, 0) is 33.5 Å². The van der Waals surface area contributed by atoms with Crippen LogP contribution in [0.25, 0.3) is 0 Å². The highest BCUT2D eigenvalue weighted by Crippen LogP contribution is 2.05. The van der Waals surface area contributed by atoms with Gasteiger partial charge in [-0.25, -0.2) is 9.59 Å². The van der Waals surface area contributed by atoms with Gasteiger partial charge in [-0.15, -0.1) is 10.1 Å². The van der Waals surface area contributed by atoms with E-state index in [2.05, 4.69) is 25.5 Å². The van der Waals surface area contributed by atoms with Gasteiger partial charge in [-0.2, -0.15) is 11.8 Å². The van der Waals surface area contributed by atoms with Gasteiger partial charge >= 0.3 is 18.0 Å². The van der Waals surface area contributed by atoms with Crippen LogP contribution in [-0.4, -0.2) is 97.4 Å². The summed E-state index contributed by atoms with van der Waals surface area (Å²) in [6, 6.07) is -1.80. The third kappa shape index (κ3) is 15.7. The smallest absolute Gasteiger partial charge is 0.329 e. The van der Waals surface area contributed by atoms with Gasteiger partial charge in [-0.1, -0.05) is 0 Å². The monoisotopic (exact) mass is 482 g/mol. The van der Waals surface area contributed by atoms with Crippen LogP contribution >= 0.6 is 11.8 Å². The van der Waals surface area contributed by atoms with Gasteiger partial charge in [0.15, 0.2) is 0 Å². The number of nitrogens with zero attached hydrogens (tertiary/aromatic N) is 1. The molecular weight excluding hydrogens is 456 g/mol. The molecule has 0 spiro atoms. The van der Waals surface area contributed by atoms with Gasteiger partial charge in [0.2, 0.25) is 5.78 Å². The van der Waals surface area contributed by atoms with Crippen molar-refractivity contribution < 1.29 is 48.5 Å². The molecule has 0 aromatic rings.